The van der Waals surface area contributed by atoms with E-state index in [9.17, 15) is 5.26 Å². The third-order valence-corrected chi connectivity index (χ3v) is 4.86. The Hall–Kier alpha value is -2.98. The van der Waals surface area contributed by atoms with Gasteiger partial charge in [0.05, 0.1) is 17.3 Å². The minimum atomic E-state index is 0.435. The van der Waals surface area contributed by atoms with Crippen molar-refractivity contribution in [3.63, 3.8) is 0 Å². The largest absolute Gasteiger partial charge is 0.354 e. The summed E-state index contributed by atoms with van der Waals surface area (Å²) >= 11 is 0. The summed E-state index contributed by atoms with van der Waals surface area (Å²) in [6, 6.07) is 10.2. The molecule has 0 amide bonds. The molecule has 7 nitrogen and oxygen atoms in total. The molecule has 0 unspecified atom stereocenters. The molecule has 2 N–H and O–H groups in total. The predicted molar refractivity (Wildman–Crippen MR) is 105 cm³/mol. The van der Waals surface area contributed by atoms with Gasteiger partial charge in [0.25, 0.3) is 0 Å². The van der Waals surface area contributed by atoms with E-state index in [1.807, 2.05) is 18.2 Å². The van der Waals surface area contributed by atoms with Crippen LogP contribution >= 0.6 is 0 Å². The number of pyridine rings is 2. The number of hydrogen-bond donors (Lipinski definition) is 2. The Kier molecular flexibility index (Phi) is 4.73. The minimum absolute atomic E-state index is 0.435. The van der Waals surface area contributed by atoms with Crippen molar-refractivity contribution in [3.05, 3.63) is 36.0 Å². The molecule has 0 radical (unpaired) electrons. The van der Waals surface area contributed by atoms with E-state index < -0.39 is 0 Å². The Morgan fingerprint density at radius 2 is 2.26 bits per heavy atom. The van der Waals surface area contributed by atoms with E-state index in [-0.39, 0.29) is 0 Å². The van der Waals surface area contributed by atoms with Crippen molar-refractivity contribution in [2.24, 2.45) is 5.92 Å². The van der Waals surface area contributed by atoms with Crippen LogP contribution in [0, 0.1) is 17.2 Å². The average molecular weight is 361 g/mol. The molecule has 3 aromatic rings. The molecule has 1 fully saturated rings. The van der Waals surface area contributed by atoms with Gasteiger partial charge < -0.3 is 10.2 Å². The lowest BCUT2D eigenvalue weighted by atomic mass is 10.0. The summed E-state index contributed by atoms with van der Waals surface area (Å²) in [6.07, 6.45) is 2.85. The monoisotopic (exact) mass is 361 g/mol. The Labute approximate surface area is 158 Å². The fraction of sp³-hybridized carbons (Fsp3) is 0.400. The van der Waals surface area contributed by atoms with Crippen LogP contribution in [0.25, 0.3) is 22.4 Å². The highest BCUT2D eigenvalue weighted by molar-refractivity contribution is 5.89. The summed E-state index contributed by atoms with van der Waals surface area (Å²) in [5.41, 5.74) is 2.74. The van der Waals surface area contributed by atoms with Crippen molar-refractivity contribution < 1.29 is 0 Å². The third kappa shape index (κ3) is 3.62. The quantitative estimate of drug-likeness (QED) is 0.742. The number of aromatic amines is 1. The summed E-state index contributed by atoms with van der Waals surface area (Å²) in [7, 11) is 0. The van der Waals surface area contributed by atoms with Crippen LogP contribution in [0.4, 0.5) is 5.82 Å². The van der Waals surface area contributed by atoms with Crippen molar-refractivity contribution in [1.29, 1.82) is 5.26 Å². The summed E-state index contributed by atoms with van der Waals surface area (Å²) in [6.45, 7) is 7.16. The summed E-state index contributed by atoms with van der Waals surface area (Å²) in [4.78, 5) is 11.4. The van der Waals surface area contributed by atoms with Crippen molar-refractivity contribution in [3.8, 4) is 17.5 Å². The highest BCUT2D eigenvalue weighted by atomic mass is 15.2. The van der Waals surface area contributed by atoms with Crippen molar-refractivity contribution >= 4 is 16.9 Å². The Morgan fingerprint density at radius 1 is 1.37 bits per heavy atom. The molecule has 0 aromatic carbocycles. The second-order valence-electron chi connectivity index (χ2n) is 7.41. The molecule has 0 saturated carbocycles. The van der Waals surface area contributed by atoms with Crippen molar-refractivity contribution in [1.82, 2.24) is 25.5 Å². The molecule has 4 heterocycles. The van der Waals surface area contributed by atoms with Crippen molar-refractivity contribution in [2.45, 2.75) is 26.3 Å². The number of anilines is 1. The first-order chi connectivity index (χ1) is 13.1. The lowest BCUT2D eigenvalue weighted by Crippen LogP contribution is -2.51. The average Bonchev–Trinajstić information content (AvgIpc) is 3.11. The zero-order chi connectivity index (χ0) is 18.8. The maximum atomic E-state index is 9.52. The third-order valence-electron chi connectivity index (χ3n) is 4.86. The molecule has 0 aliphatic carbocycles. The zero-order valence-electron chi connectivity index (χ0n) is 15.6. The number of fused-ring (bicyclic) bond motifs is 1. The normalized spacial score (nSPS) is 17.4. The number of nitriles is 1. The molecule has 1 saturated heterocycles. The van der Waals surface area contributed by atoms with Crippen LogP contribution in [0.1, 0.15) is 25.8 Å². The maximum Gasteiger partial charge on any atom is 0.155 e. The van der Waals surface area contributed by atoms with Gasteiger partial charge in [-0.3, -0.25) is 5.10 Å². The molecule has 1 atom stereocenters. The molecule has 27 heavy (non-hydrogen) atoms. The first-order valence-corrected chi connectivity index (χ1v) is 9.34. The number of nitrogens with zero attached hydrogens (tertiary/aromatic N) is 5. The van der Waals surface area contributed by atoms with Crippen LogP contribution in [0.3, 0.4) is 0 Å². The lowest BCUT2D eigenvalue weighted by Gasteiger charge is -2.35. The maximum absolute atomic E-state index is 9.52. The van der Waals surface area contributed by atoms with Gasteiger partial charge in [-0.1, -0.05) is 13.8 Å². The Bertz CT molecular complexity index is 985. The van der Waals surface area contributed by atoms with E-state index in [1.165, 1.54) is 0 Å². The number of piperazine rings is 1. The minimum Gasteiger partial charge on any atom is -0.354 e. The molecule has 138 valence electrons. The van der Waals surface area contributed by atoms with Crippen LogP contribution < -0.4 is 10.2 Å². The first-order valence-electron chi connectivity index (χ1n) is 9.34. The Balaban J connectivity index is 1.70. The number of rotatable bonds is 4. The number of H-pyrrole nitrogens is 1. The van der Waals surface area contributed by atoms with E-state index in [4.69, 9.17) is 4.98 Å². The van der Waals surface area contributed by atoms with Crippen LogP contribution in [-0.4, -0.2) is 45.8 Å². The summed E-state index contributed by atoms with van der Waals surface area (Å²) < 4.78 is 0. The van der Waals surface area contributed by atoms with E-state index >= 15 is 0 Å². The van der Waals surface area contributed by atoms with Gasteiger partial charge in [0.1, 0.15) is 11.5 Å². The summed E-state index contributed by atoms with van der Waals surface area (Å²) in [5.74, 6) is 1.47. The molecule has 0 bridgehead atoms. The highest BCUT2D eigenvalue weighted by Crippen LogP contribution is 2.27. The molecule has 1 aliphatic heterocycles. The topological polar surface area (TPSA) is 93.5 Å². The van der Waals surface area contributed by atoms with Gasteiger partial charge in [-0.25, -0.2) is 9.97 Å². The van der Waals surface area contributed by atoms with Crippen LogP contribution in [0.5, 0.6) is 0 Å². The number of nitrogens with one attached hydrogen (secondary N) is 2. The number of hydrogen-bond acceptors (Lipinski definition) is 6. The molecule has 0 spiro atoms. The molecule has 3 aromatic heterocycles. The smallest absolute Gasteiger partial charge is 0.155 e. The van der Waals surface area contributed by atoms with Crippen LogP contribution in [-0.2, 0) is 0 Å². The van der Waals surface area contributed by atoms with Crippen LogP contribution in [0.15, 0.2) is 30.5 Å². The fourth-order valence-corrected chi connectivity index (χ4v) is 3.67. The van der Waals surface area contributed by atoms with Crippen LogP contribution in [0.2, 0.25) is 0 Å². The second kappa shape index (κ2) is 7.33. The van der Waals surface area contributed by atoms with Gasteiger partial charge in [-0.05, 0) is 36.6 Å². The Morgan fingerprint density at radius 3 is 3.07 bits per heavy atom. The zero-order valence-corrected chi connectivity index (χ0v) is 15.6. The number of aromatic nitrogens is 4. The van der Waals surface area contributed by atoms with Gasteiger partial charge in [-0.2, -0.15) is 10.4 Å². The molecule has 4 rings (SSSR count). The summed E-state index contributed by atoms with van der Waals surface area (Å²) in [5, 5.41) is 21.3. The molecule has 7 heteroatoms. The van der Waals surface area contributed by atoms with Gasteiger partial charge in [0.15, 0.2) is 5.65 Å². The highest BCUT2D eigenvalue weighted by Gasteiger charge is 2.22. The lowest BCUT2D eigenvalue weighted by molar-refractivity contribution is 0.387. The second-order valence-corrected chi connectivity index (χ2v) is 7.41. The molecule has 1 aliphatic rings. The SMILES string of the molecule is CC(C)C[C@H]1CN(c2cc(C#N)cc(-c3n[nH]c4ncccc34)n2)CCN1. The van der Waals surface area contributed by atoms with E-state index in [2.05, 4.69) is 45.3 Å². The van der Waals surface area contributed by atoms with E-state index in [0.29, 0.717) is 23.2 Å². The fourth-order valence-electron chi connectivity index (χ4n) is 3.67. The molecular weight excluding hydrogens is 338 g/mol. The van der Waals surface area contributed by atoms with Gasteiger partial charge >= 0.3 is 0 Å². The van der Waals surface area contributed by atoms with Gasteiger partial charge in [0.2, 0.25) is 0 Å². The van der Waals surface area contributed by atoms with Crippen molar-refractivity contribution in [2.75, 3.05) is 24.5 Å². The first kappa shape index (κ1) is 17.4. The van der Waals surface area contributed by atoms with Gasteiger partial charge in [-0.15, -0.1) is 0 Å². The van der Waals surface area contributed by atoms with Gasteiger partial charge in [0, 0.05) is 37.3 Å². The standard InChI is InChI=1S/C20H23N7/c1-13(2)8-15-12-27(7-6-22-15)18-10-14(11-21)9-17(24-18)19-16-4-3-5-23-20(16)26-25-19/h3-5,9-10,13,15,22H,6-8,12H2,1-2H3,(H,23,25,26)/t15-/m0/s1. The van der Waals surface area contributed by atoms with E-state index in [1.54, 1.807) is 12.3 Å². The van der Waals surface area contributed by atoms with E-state index in [0.717, 1.165) is 48.6 Å². The predicted octanol–water partition coefficient (Wildman–Crippen LogP) is 2.72. The molecular formula is C20H23N7.